The Hall–Kier alpha value is -1.75. The summed E-state index contributed by atoms with van der Waals surface area (Å²) in [6.07, 6.45) is 1.17. The van der Waals surface area contributed by atoms with E-state index >= 15 is 0 Å². The third-order valence-corrected chi connectivity index (χ3v) is 2.81. The number of Topliss-reactive ketones (excluding diaryl/α,β-unsaturated/α-hetero) is 1. The number of rotatable bonds is 3. The Morgan fingerprint density at radius 1 is 1.29 bits per heavy atom. The van der Waals surface area contributed by atoms with Gasteiger partial charge < -0.3 is 11.1 Å². The lowest BCUT2D eigenvalue weighted by Crippen LogP contribution is -2.46. The van der Waals surface area contributed by atoms with Gasteiger partial charge in [-0.15, -0.1) is 0 Å². The second-order valence-electron chi connectivity index (χ2n) is 4.01. The van der Waals surface area contributed by atoms with E-state index in [0.29, 0.717) is 19.4 Å². The first-order chi connectivity index (χ1) is 8.13. The smallest absolute Gasteiger partial charge is 0.252 e. The Labute approximate surface area is 98.0 Å². The number of benzene rings is 1. The van der Waals surface area contributed by atoms with Gasteiger partial charge in [-0.3, -0.25) is 9.59 Å². The highest BCUT2D eigenvalue weighted by Gasteiger charge is 2.31. The van der Waals surface area contributed by atoms with Gasteiger partial charge in [0.15, 0.2) is 5.78 Å². The molecule has 1 aromatic carbocycles. The van der Waals surface area contributed by atoms with Crippen LogP contribution in [0.15, 0.2) is 18.2 Å². The SMILES string of the molecule is NCCC[C@@H]1NC(=O)c2cc(F)ccc2C1=O. The molecule has 5 heteroatoms. The van der Waals surface area contributed by atoms with Crippen molar-refractivity contribution in [3.8, 4) is 0 Å². The second-order valence-corrected chi connectivity index (χ2v) is 4.01. The summed E-state index contributed by atoms with van der Waals surface area (Å²) >= 11 is 0. The summed E-state index contributed by atoms with van der Waals surface area (Å²) in [5.74, 6) is -1.10. The molecule has 0 radical (unpaired) electrons. The van der Waals surface area contributed by atoms with E-state index < -0.39 is 17.8 Å². The van der Waals surface area contributed by atoms with E-state index in [1.807, 2.05) is 0 Å². The molecule has 1 atom stereocenters. The highest BCUT2D eigenvalue weighted by Crippen LogP contribution is 2.19. The molecule has 17 heavy (non-hydrogen) atoms. The molecule has 0 aromatic heterocycles. The van der Waals surface area contributed by atoms with Crippen LogP contribution >= 0.6 is 0 Å². The number of carbonyl (C=O) groups is 2. The fourth-order valence-corrected chi connectivity index (χ4v) is 1.93. The number of fused-ring (bicyclic) bond motifs is 1. The molecule has 1 aliphatic heterocycles. The van der Waals surface area contributed by atoms with E-state index in [0.717, 1.165) is 6.07 Å². The molecule has 0 spiro atoms. The minimum absolute atomic E-state index is 0.110. The molecule has 1 heterocycles. The Balaban J connectivity index is 2.31. The standard InChI is InChI=1S/C12H13FN2O2/c13-7-3-4-8-9(6-7)12(17)15-10(11(8)16)2-1-5-14/h3-4,6,10H,1-2,5,14H2,(H,15,17)/t10-/m0/s1. The van der Waals surface area contributed by atoms with E-state index in [1.54, 1.807) is 0 Å². The molecule has 0 aliphatic carbocycles. The Morgan fingerprint density at radius 2 is 2.06 bits per heavy atom. The van der Waals surface area contributed by atoms with Gasteiger partial charge in [0, 0.05) is 5.56 Å². The third kappa shape index (κ3) is 2.19. The zero-order chi connectivity index (χ0) is 12.4. The fraction of sp³-hybridized carbons (Fsp3) is 0.333. The van der Waals surface area contributed by atoms with Crippen molar-refractivity contribution < 1.29 is 14.0 Å². The maximum atomic E-state index is 13.0. The zero-order valence-electron chi connectivity index (χ0n) is 9.20. The predicted molar refractivity (Wildman–Crippen MR) is 60.3 cm³/mol. The van der Waals surface area contributed by atoms with Crippen LogP contribution in [0.2, 0.25) is 0 Å². The van der Waals surface area contributed by atoms with Crippen LogP contribution in [0.1, 0.15) is 33.6 Å². The van der Waals surface area contributed by atoms with Gasteiger partial charge in [-0.1, -0.05) is 0 Å². The van der Waals surface area contributed by atoms with Gasteiger partial charge in [-0.05, 0) is 37.6 Å². The zero-order valence-corrected chi connectivity index (χ0v) is 9.20. The molecule has 1 aliphatic rings. The molecular weight excluding hydrogens is 223 g/mol. The summed E-state index contributed by atoms with van der Waals surface area (Å²) in [5, 5.41) is 2.57. The molecule has 2 rings (SSSR count). The number of hydrogen-bond donors (Lipinski definition) is 2. The van der Waals surface area contributed by atoms with Crippen LogP contribution in [0.5, 0.6) is 0 Å². The Kier molecular flexibility index (Phi) is 3.19. The maximum absolute atomic E-state index is 13.0. The number of amides is 1. The van der Waals surface area contributed by atoms with Gasteiger partial charge in [0.05, 0.1) is 11.6 Å². The minimum atomic E-state index is -0.538. The second kappa shape index (κ2) is 4.63. The van der Waals surface area contributed by atoms with Gasteiger partial charge in [0.1, 0.15) is 5.82 Å². The molecule has 0 fully saturated rings. The number of nitrogens with two attached hydrogens (primary N) is 1. The Morgan fingerprint density at radius 3 is 2.76 bits per heavy atom. The number of ketones is 1. The van der Waals surface area contributed by atoms with Crippen molar-refractivity contribution in [2.45, 2.75) is 18.9 Å². The molecule has 0 saturated carbocycles. The molecule has 1 amide bonds. The average molecular weight is 236 g/mol. The van der Waals surface area contributed by atoms with Crippen LogP contribution in [-0.2, 0) is 0 Å². The van der Waals surface area contributed by atoms with E-state index in [9.17, 15) is 14.0 Å². The van der Waals surface area contributed by atoms with Gasteiger partial charge in [0.2, 0.25) is 0 Å². The first-order valence-corrected chi connectivity index (χ1v) is 5.48. The molecule has 90 valence electrons. The molecular formula is C12H13FN2O2. The Bertz CT molecular complexity index is 474. The summed E-state index contributed by atoms with van der Waals surface area (Å²) in [4.78, 5) is 23.7. The molecule has 0 unspecified atom stereocenters. The number of carbonyl (C=O) groups excluding carboxylic acids is 2. The minimum Gasteiger partial charge on any atom is -0.342 e. The summed E-state index contributed by atoms with van der Waals surface area (Å²) in [7, 11) is 0. The fourth-order valence-electron chi connectivity index (χ4n) is 1.93. The summed E-state index contributed by atoms with van der Waals surface area (Å²) < 4.78 is 13.0. The number of hydrogen-bond acceptors (Lipinski definition) is 3. The predicted octanol–water partition coefficient (Wildman–Crippen LogP) is 0.859. The van der Waals surface area contributed by atoms with Gasteiger partial charge >= 0.3 is 0 Å². The lowest BCUT2D eigenvalue weighted by Gasteiger charge is -2.24. The summed E-state index contributed by atoms with van der Waals surface area (Å²) in [5.41, 5.74) is 5.77. The lowest BCUT2D eigenvalue weighted by molar-refractivity contribution is 0.0822. The maximum Gasteiger partial charge on any atom is 0.252 e. The third-order valence-electron chi connectivity index (χ3n) is 2.81. The number of halogens is 1. The van der Waals surface area contributed by atoms with E-state index in [1.165, 1.54) is 12.1 Å². The van der Waals surface area contributed by atoms with Crippen molar-refractivity contribution in [1.29, 1.82) is 0 Å². The average Bonchev–Trinajstić information content (AvgIpc) is 2.32. The largest absolute Gasteiger partial charge is 0.342 e. The summed E-state index contributed by atoms with van der Waals surface area (Å²) in [6, 6.07) is 3.10. The monoisotopic (exact) mass is 236 g/mol. The van der Waals surface area contributed by atoms with Crippen molar-refractivity contribution in [3.05, 3.63) is 35.1 Å². The van der Waals surface area contributed by atoms with Crippen LogP contribution in [0.4, 0.5) is 4.39 Å². The van der Waals surface area contributed by atoms with E-state index in [2.05, 4.69) is 5.32 Å². The van der Waals surface area contributed by atoms with Crippen LogP contribution in [0, 0.1) is 5.82 Å². The van der Waals surface area contributed by atoms with Crippen LogP contribution in [0.25, 0.3) is 0 Å². The highest BCUT2D eigenvalue weighted by atomic mass is 19.1. The van der Waals surface area contributed by atoms with Crippen molar-refractivity contribution in [2.24, 2.45) is 5.73 Å². The first-order valence-electron chi connectivity index (χ1n) is 5.48. The molecule has 1 aromatic rings. The van der Waals surface area contributed by atoms with E-state index in [4.69, 9.17) is 5.73 Å². The molecule has 0 bridgehead atoms. The van der Waals surface area contributed by atoms with Crippen molar-refractivity contribution in [2.75, 3.05) is 6.54 Å². The van der Waals surface area contributed by atoms with Gasteiger partial charge in [0.25, 0.3) is 5.91 Å². The first kappa shape index (κ1) is 11.7. The number of nitrogens with one attached hydrogen (secondary N) is 1. The van der Waals surface area contributed by atoms with Crippen LogP contribution in [-0.4, -0.2) is 24.3 Å². The highest BCUT2D eigenvalue weighted by molar-refractivity contribution is 6.15. The van der Waals surface area contributed by atoms with Gasteiger partial charge in [-0.2, -0.15) is 0 Å². The van der Waals surface area contributed by atoms with Crippen LogP contribution in [0.3, 0.4) is 0 Å². The van der Waals surface area contributed by atoms with Crippen LogP contribution < -0.4 is 11.1 Å². The van der Waals surface area contributed by atoms with E-state index in [-0.39, 0.29) is 16.9 Å². The van der Waals surface area contributed by atoms with Crippen molar-refractivity contribution >= 4 is 11.7 Å². The molecule has 4 nitrogen and oxygen atoms in total. The van der Waals surface area contributed by atoms with Crippen molar-refractivity contribution in [1.82, 2.24) is 5.32 Å². The quantitative estimate of drug-likeness (QED) is 0.817. The van der Waals surface area contributed by atoms with Crippen molar-refractivity contribution in [3.63, 3.8) is 0 Å². The molecule has 0 saturated heterocycles. The normalized spacial score (nSPS) is 18.8. The molecule has 3 N–H and O–H groups in total. The lowest BCUT2D eigenvalue weighted by atomic mass is 9.91. The topological polar surface area (TPSA) is 72.2 Å². The summed E-state index contributed by atoms with van der Waals surface area (Å²) in [6.45, 7) is 0.468. The van der Waals surface area contributed by atoms with Gasteiger partial charge in [-0.25, -0.2) is 4.39 Å².